The van der Waals surface area contributed by atoms with Crippen molar-refractivity contribution in [3.63, 3.8) is 0 Å². The second kappa shape index (κ2) is 7.62. The van der Waals surface area contributed by atoms with Gasteiger partial charge in [-0.05, 0) is 52.4 Å². The third kappa shape index (κ3) is 5.34. The number of hydrogen-bond donors (Lipinski definition) is 2. The van der Waals surface area contributed by atoms with Gasteiger partial charge in [-0.3, -0.25) is 9.59 Å². The molecular formula is C18H31N3O4. The maximum absolute atomic E-state index is 13.3. The van der Waals surface area contributed by atoms with Gasteiger partial charge < -0.3 is 20.3 Å². The molecule has 0 bridgehead atoms. The quantitative estimate of drug-likeness (QED) is 0.792. The van der Waals surface area contributed by atoms with Crippen LogP contribution in [0.1, 0.15) is 59.8 Å². The summed E-state index contributed by atoms with van der Waals surface area (Å²) in [5.74, 6) is 0.400. The highest BCUT2D eigenvalue weighted by Crippen LogP contribution is 2.34. The first-order valence-corrected chi connectivity index (χ1v) is 9.18. The summed E-state index contributed by atoms with van der Waals surface area (Å²) < 4.78 is 5.38. The van der Waals surface area contributed by atoms with Crippen LogP contribution in [0.15, 0.2) is 0 Å². The summed E-state index contributed by atoms with van der Waals surface area (Å²) in [6.07, 6.45) is 2.71. The van der Waals surface area contributed by atoms with Crippen LogP contribution in [0.3, 0.4) is 0 Å². The van der Waals surface area contributed by atoms with Crippen LogP contribution in [0.5, 0.6) is 0 Å². The summed E-state index contributed by atoms with van der Waals surface area (Å²) in [6.45, 7) is 8.87. The van der Waals surface area contributed by atoms with E-state index < -0.39 is 17.2 Å². The zero-order valence-corrected chi connectivity index (χ0v) is 15.8. The number of amides is 3. The first-order chi connectivity index (χ1) is 11.6. The molecule has 0 spiro atoms. The van der Waals surface area contributed by atoms with Gasteiger partial charge in [-0.15, -0.1) is 0 Å². The van der Waals surface area contributed by atoms with Crippen molar-refractivity contribution < 1.29 is 19.1 Å². The molecule has 25 heavy (non-hydrogen) atoms. The molecule has 0 radical (unpaired) electrons. The monoisotopic (exact) mass is 353 g/mol. The van der Waals surface area contributed by atoms with Crippen LogP contribution < -0.4 is 10.6 Å². The zero-order chi connectivity index (χ0) is 18.7. The van der Waals surface area contributed by atoms with Gasteiger partial charge in [-0.1, -0.05) is 6.92 Å². The van der Waals surface area contributed by atoms with Crippen LogP contribution in [0, 0.1) is 5.92 Å². The lowest BCUT2D eigenvalue weighted by Crippen LogP contribution is -2.62. The lowest BCUT2D eigenvalue weighted by atomic mass is 9.76. The number of carbonyl (C=O) groups excluding carboxylic acids is 3. The minimum atomic E-state index is -0.928. The summed E-state index contributed by atoms with van der Waals surface area (Å²) in [6, 6.07) is 0. The molecule has 0 aromatic heterocycles. The Bertz CT molecular complexity index is 519. The molecule has 1 aliphatic carbocycles. The summed E-state index contributed by atoms with van der Waals surface area (Å²) in [5, 5.41) is 5.66. The predicted molar refractivity (Wildman–Crippen MR) is 93.9 cm³/mol. The fourth-order valence-corrected chi connectivity index (χ4v) is 3.42. The topological polar surface area (TPSA) is 87.7 Å². The number of rotatable bonds is 2. The van der Waals surface area contributed by atoms with E-state index in [1.807, 2.05) is 0 Å². The third-order valence-corrected chi connectivity index (χ3v) is 4.88. The second-order valence-corrected chi connectivity index (χ2v) is 8.28. The Balaban J connectivity index is 2.15. The van der Waals surface area contributed by atoms with E-state index in [1.165, 1.54) is 0 Å². The molecule has 7 nitrogen and oxygen atoms in total. The molecule has 1 heterocycles. The molecule has 0 aromatic carbocycles. The summed E-state index contributed by atoms with van der Waals surface area (Å²) >= 11 is 0. The minimum Gasteiger partial charge on any atom is -0.444 e. The van der Waals surface area contributed by atoms with Crippen molar-refractivity contribution in [3.05, 3.63) is 0 Å². The van der Waals surface area contributed by atoms with E-state index in [1.54, 1.807) is 25.7 Å². The van der Waals surface area contributed by atoms with Crippen LogP contribution in [-0.4, -0.2) is 53.6 Å². The van der Waals surface area contributed by atoms with Crippen molar-refractivity contribution in [2.45, 2.75) is 70.9 Å². The Morgan fingerprint density at radius 2 is 1.88 bits per heavy atom. The van der Waals surface area contributed by atoms with Crippen LogP contribution >= 0.6 is 0 Å². The summed E-state index contributed by atoms with van der Waals surface area (Å²) in [5.41, 5.74) is -1.54. The van der Waals surface area contributed by atoms with Gasteiger partial charge in [0.2, 0.25) is 11.8 Å². The number of ether oxygens (including phenoxy) is 1. The molecule has 0 unspecified atom stereocenters. The van der Waals surface area contributed by atoms with E-state index in [0.29, 0.717) is 44.8 Å². The van der Waals surface area contributed by atoms with E-state index >= 15 is 0 Å². The maximum Gasteiger partial charge on any atom is 0.408 e. The SMILES string of the molecule is CC1CCC(NC(=O)OC(C)(C)C)(C(=O)N2CCNC(=O)CC2)CC1. The Kier molecular flexibility index (Phi) is 5.95. The molecule has 142 valence electrons. The van der Waals surface area contributed by atoms with Gasteiger partial charge in [-0.2, -0.15) is 0 Å². The highest BCUT2D eigenvalue weighted by Gasteiger charge is 2.45. The summed E-state index contributed by atoms with van der Waals surface area (Å²) in [7, 11) is 0. The number of carbonyl (C=O) groups is 3. The van der Waals surface area contributed by atoms with Gasteiger partial charge >= 0.3 is 6.09 Å². The fourth-order valence-electron chi connectivity index (χ4n) is 3.42. The number of nitrogens with zero attached hydrogens (tertiary/aromatic N) is 1. The molecule has 1 saturated carbocycles. The van der Waals surface area contributed by atoms with Gasteiger partial charge in [0, 0.05) is 26.1 Å². The van der Waals surface area contributed by atoms with Crippen molar-refractivity contribution >= 4 is 17.9 Å². The number of nitrogens with one attached hydrogen (secondary N) is 2. The first kappa shape index (κ1) is 19.5. The standard InChI is InChI=1S/C18H31N3O4/c1-13-5-8-18(9-6-13,20-16(24)25-17(2,3)4)15(23)21-11-7-14(22)19-10-12-21/h13H,5-12H2,1-4H3,(H,19,22)(H,20,24). The largest absolute Gasteiger partial charge is 0.444 e. The predicted octanol–water partition coefficient (Wildman–Crippen LogP) is 1.81. The van der Waals surface area contributed by atoms with Gasteiger partial charge in [-0.25, -0.2) is 4.79 Å². The van der Waals surface area contributed by atoms with E-state index in [2.05, 4.69) is 17.6 Å². The molecule has 1 saturated heterocycles. The summed E-state index contributed by atoms with van der Waals surface area (Å²) in [4.78, 5) is 38.9. The number of alkyl carbamates (subject to hydrolysis) is 1. The third-order valence-electron chi connectivity index (χ3n) is 4.88. The highest BCUT2D eigenvalue weighted by atomic mass is 16.6. The fraction of sp³-hybridized carbons (Fsp3) is 0.833. The zero-order valence-electron chi connectivity index (χ0n) is 15.8. The van der Waals surface area contributed by atoms with Crippen molar-refractivity contribution in [3.8, 4) is 0 Å². The average Bonchev–Trinajstić information content (AvgIpc) is 2.72. The normalized spacial score (nSPS) is 27.9. The molecular weight excluding hydrogens is 322 g/mol. The van der Waals surface area contributed by atoms with Crippen molar-refractivity contribution in [1.82, 2.24) is 15.5 Å². The van der Waals surface area contributed by atoms with Crippen molar-refractivity contribution in [2.24, 2.45) is 5.92 Å². The van der Waals surface area contributed by atoms with Gasteiger partial charge in [0.15, 0.2) is 0 Å². The van der Waals surface area contributed by atoms with Crippen LogP contribution in [0.2, 0.25) is 0 Å². The Morgan fingerprint density at radius 1 is 1.24 bits per heavy atom. The number of hydrogen-bond acceptors (Lipinski definition) is 4. The smallest absolute Gasteiger partial charge is 0.408 e. The van der Waals surface area contributed by atoms with E-state index in [9.17, 15) is 14.4 Å². The average molecular weight is 353 g/mol. The Labute approximate surface area is 149 Å². The lowest BCUT2D eigenvalue weighted by Gasteiger charge is -2.41. The second-order valence-electron chi connectivity index (χ2n) is 8.28. The van der Waals surface area contributed by atoms with E-state index in [4.69, 9.17) is 4.74 Å². The Hall–Kier alpha value is -1.79. The molecule has 1 aliphatic heterocycles. The lowest BCUT2D eigenvalue weighted by molar-refractivity contribution is -0.140. The first-order valence-electron chi connectivity index (χ1n) is 9.18. The van der Waals surface area contributed by atoms with Crippen molar-refractivity contribution in [2.75, 3.05) is 19.6 Å². The van der Waals surface area contributed by atoms with Crippen LogP contribution in [0.4, 0.5) is 4.79 Å². The molecule has 2 rings (SSSR count). The Morgan fingerprint density at radius 3 is 2.48 bits per heavy atom. The molecule has 0 aromatic rings. The van der Waals surface area contributed by atoms with Gasteiger partial charge in [0.05, 0.1) is 0 Å². The van der Waals surface area contributed by atoms with E-state index in [-0.39, 0.29) is 11.8 Å². The van der Waals surface area contributed by atoms with E-state index in [0.717, 1.165) is 12.8 Å². The minimum absolute atomic E-state index is 0.0401. The van der Waals surface area contributed by atoms with Crippen LogP contribution in [0.25, 0.3) is 0 Å². The highest BCUT2D eigenvalue weighted by molar-refractivity contribution is 5.91. The molecule has 0 atom stereocenters. The van der Waals surface area contributed by atoms with Gasteiger partial charge in [0.25, 0.3) is 0 Å². The van der Waals surface area contributed by atoms with Crippen LogP contribution in [-0.2, 0) is 14.3 Å². The van der Waals surface area contributed by atoms with Gasteiger partial charge in [0.1, 0.15) is 11.1 Å². The van der Waals surface area contributed by atoms with Crippen molar-refractivity contribution in [1.29, 1.82) is 0 Å². The molecule has 7 heteroatoms. The molecule has 2 fully saturated rings. The maximum atomic E-state index is 13.3. The molecule has 2 N–H and O–H groups in total. The molecule has 3 amide bonds. The molecule has 2 aliphatic rings.